The molecule has 0 aliphatic rings. The Morgan fingerprint density at radius 1 is 1.31 bits per heavy atom. The summed E-state index contributed by atoms with van der Waals surface area (Å²) in [6.07, 6.45) is 1.93. The van der Waals surface area contributed by atoms with E-state index in [1.807, 2.05) is 18.4 Å². The smallest absolute Gasteiger partial charge is 0.335 e. The Bertz CT molecular complexity index is 1080. The van der Waals surface area contributed by atoms with Gasteiger partial charge >= 0.3 is 5.97 Å². The van der Waals surface area contributed by atoms with Gasteiger partial charge in [0.15, 0.2) is 22.6 Å². The first-order chi connectivity index (χ1) is 13.4. The van der Waals surface area contributed by atoms with Crippen molar-refractivity contribution in [1.82, 2.24) is 14.5 Å². The summed E-state index contributed by atoms with van der Waals surface area (Å²) in [5.74, 6) is -0.223. The SMILES string of the molecule is CCn1c(CCC(=O)c2nc(Cl)cnc2N)[n+](CC)c2ccc(C(=O)O)cc21.[Cl-]. The van der Waals surface area contributed by atoms with Crippen LogP contribution in [0.3, 0.4) is 0 Å². The maximum Gasteiger partial charge on any atom is 0.335 e. The number of fused-ring (bicyclic) bond motifs is 1. The van der Waals surface area contributed by atoms with Crippen LogP contribution in [0.25, 0.3) is 11.0 Å². The number of nitrogens with zero attached hydrogens (tertiary/aromatic N) is 4. The van der Waals surface area contributed by atoms with Crippen LogP contribution in [-0.4, -0.2) is 31.4 Å². The van der Waals surface area contributed by atoms with E-state index < -0.39 is 5.97 Å². The molecule has 0 aliphatic carbocycles. The van der Waals surface area contributed by atoms with Crippen molar-refractivity contribution in [3.05, 3.63) is 46.6 Å². The molecule has 0 atom stereocenters. The molecule has 0 saturated heterocycles. The number of aromatic nitrogens is 4. The number of rotatable bonds is 7. The predicted octanol–water partition coefficient (Wildman–Crippen LogP) is -0.488. The second-order valence-corrected chi connectivity index (χ2v) is 6.65. The van der Waals surface area contributed by atoms with Gasteiger partial charge in [-0.05, 0) is 26.0 Å². The Morgan fingerprint density at radius 3 is 2.66 bits per heavy atom. The van der Waals surface area contributed by atoms with Crippen molar-refractivity contribution in [3.63, 3.8) is 0 Å². The number of halogens is 2. The Labute approximate surface area is 178 Å². The minimum absolute atomic E-state index is 0. The van der Waals surface area contributed by atoms with E-state index in [9.17, 15) is 14.7 Å². The standard InChI is InChI=1S/C19H20ClN5O3.ClH/c1-3-24-12-6-5-11(19(27)28)9-13(12)25(4-2)16(24)8-7-14(26)17-18(21)22-10-15(20)23-17;/h5-6,9-10H,3-4,7-8H2,1-2H3,(H2-,21,22,26,27,28);1H. The Kier molecular flexibility index (Phi) is 7.16. The summed E-state index contributed by atoms with van der Waals surface area (Å²) in [4.78, 5) is 31.8. The average Bonchev–Trinajstić information content (AvgIpc) is 2.99. The number of imidazole rings is 1. The van der Waals surface area contributed by atoms with Crippen LogP contribution in [0, 0.1) is 0 Å². The zero-order valence-corrected chi connectivity index (χ0v) is 17.5. The number of carboxylic acid groups (broad SMARTS) is 1. The number of anilines is 1. The average molecular weight is 438 g/mol. The zero-order chi connectivity index (χ0) is 20.4. The fourth-order valence-corrected chi connectivity index (χ4v) is 3.56. The first-order valence-corrected chi connectivity index (χ1v) is 9.34. The second kappa shape index (κ2) is 9.19. The maximum absolute atomic E-state index is 12.6. The van der Waals surface area contributed by atoms with Gasteiger partial charge in [0.05, 0.1) is 31.3 Å². The van der Waals surface area contributed by atoms with Crippen LogP contribution in [0.5, 0.6) is 0 Å². The molecule has 0 aliphatic heterocycles. The van der Waals surface area contributed by atoms with Crippen molar-refractivity contribution in [1.29, 1.82) is 0 Å². The van der Waals surface area contributed by atoms with E-state index in [1.165, 1.54) is 6.20 Å². The van der Waals surface area contributed by atoms with Crippen molar-refractivity contribution < 1.29 is 31.7 Å². The third-order valence-corrected chi connectivity index (χ3v) is 4.85. The Morgan fingerprint density at radius 2 is 2.03 bits per heavy atom. The molecule has 154 valence electrons. The third-order valence-electron chi connectivity index (χ3n) is 4.67. The van der Waals surface area contributed by atoms with Crippen LogP contribution in [0.1, 0.15) is 46.9 Å². The van der Waals surface area contributed by atoms with Gasteiger partial charge in [0.25, 0.3) is 5.82 Å². The maximum atomic E-state index is 12.6. The quantitative estimate of drug-likeness (QED) is 0.380. The van der Waals surface area contributed by atoms with Crippen molar-refractivity contribution in [2.45, 2.75) is 39.8 Å². The number of carbonyl (C=O) groups is 2. The minimum atomic E-state index is -0.972. The van der Waals surface area contributed by atoms with E-state index in [2.05, 4.69) is 14.5 Å². The molecule has 0 amide bonds. The molecule has 3 aromatic rings. The van der Waals surface area contributed by atoms with Gasteiger partial charge < -0.3 is 23.2 Å². The zero-order valence-electron chi connectivity index (χ0n) is 16.0. The first-order valence-electron chi connectivity index (χ1n) is 8.96. The molecule has 8 nitrogen and oxygen atoms in total. The van der Waals surface area contributed by atoms with Gasteiger partial charge in [-0.1, -0.05) is 11.6 Å². The lowest BCUT2D eigenvalue weighted by Gasteiger charge is -2.04. The molecular formula is C19H21Cl2N5O3. The van der Waals surface area contributed by atoms with E-state index >= 15 is 0 Å². The fraction of sp³-hybridized carbons (Fsp3) is 0.316. The fourth-order valence-electron chi connectivity index (χ4n) is 3.43. The van der Waals surface area contributed by atoms with Crippen molar-refractivity contribution in [2.75, 3.05) is 5.73 Å². The summed E-state index contributed by atoms with van der Waals surface area (Å²) >= 11 is 5.83. The summed E-state index contributed by atoms with van der Waals surface area (Å²) < 4.78 is 4.12. The predicted molar refractivity (Wildman–Crippen MR) is 105 cm³/mol. The van der Waals surface area contributed by atoms with Crippen LogP contribution in [0.15, 0.2) is 24.4 Å². The minimum Gasteiger partial charge on any atom is -1.00 e. The Balaban J connectivity index is 0.00000300. The highest BCUT2D eigenvalue weighted by atomic mass is 35.5. The number of ketones is 1. The van der Waals surface area contributed by atoms with Crippen LogP contribution >= 0.6 is 11.6 Å². The van der Waals surface area contributed by atoms with Crippen molar-refractivity contribution in [2.24, 2.45) is 0 Å². The van der Waals surface area contributed by atoms with Gasteiger partial charge in [0.1, 0.15) is 10.8 Å². The van der Waals surface area contributed by atoms with E-state index in [0.29, 0.717) is 19.5 Å². The molecule has 2 aromatic heterocycles. The first kappa shape index (κ1) is 22.6. The molecule has 0 radical (unpaired) electrons. The summed E-state index contributed by atoms with van der Waals surface area (Å²) in [5, 5.41) is 9.41. The molecule has 2 heterocycles. The van der Waals surface area contributed by atoms with Crippen LogP contribution in [0.4, 0.5) is 5.82 Å². The van der Waals surface area contributed by atoms with E-state index in [1.54, 1.807) is 18.2 Å². The van der Waals surface area contributed by atoms with Crippen LogP contribution < -0.4 is 22.7 Å². The second-order valence-electron chi connectivity index (χ2n) is 6.26. The number of benzene rings is 1. The van der Waals surface area contributed by atoms with E-state index in [-0.39, 0.29) is 46.8 Å². The normalized spacial score (nSPS) is 10.7. The lowest BCUT2D eigenvalue weighted by molar-refractivity contribution is -0.676. The van der Waals surface area contributed by atoms with Crippen molar-refractivity contribution >= 4 is 40.2 Å². The molecule has 3 N–H and O–H groups in total. The molecule has 0 saturated carbocycles. The Hall–Kier alpha value is -2.71. The highest BCUT2D eigenvalue weighted by molar-refractivity contribution is 6.29. The molecule has 10 heteroatoms. The number of nitrogen functional groups attached to an aromatic ring is 1. The van der Waals surface area contributed by atoms with E-state index in [4.69, 9.17) is 17.3 Å². The number of nitrogens with two attached hydrogens (primary N) is 1. The number of aromatic carboxylic acids is 1. The molecule has 0 bridgehead atoms. The monoisotopic (exact) mass is 437 g/mol. The summed E-state index contributed by atoms with van der Waals surface area (Å²) in [7, 11) is 0. The third kappa shape index (κ3) is 4.33. The van der Waals surface area contributed by atoms with Crippen molar-refractivity contribution in [3.8, 4) is 0 Å². The molecule has 0 spiro atoms. The number of hydrogen-bond acceptors (Lipinski definition) is 5. The summed E-state index contributed by atoms with van der Waals surface area (Å²) in [6, 6.07) is 5.06. The lowest BCUT2D eigenvalue weighted by atomic mass is 10.1. The summed E-state index contributed by atoms with van der Waals surface area (Å²) in [5.41, 5.74) is 7.82. The molecule has 0 fully saturated rings. The largest absolute Gasteiger partial charge is 1.00 e. The van der Waals surface area contributed by atoms with Gasteiger partial charge in [-0.15, -0.1) is 0 Å². The number of aryl methyl sites for hydroxylation is 2. The molecular weight excluding hydrogens is 417 g/mol. The molecule has 0 unspecified atom stereocenters. The summed E-state index contributed by atoms with van der Waals surface area (Å²) in [6.45, 7) is 5.34. The highest BCUT2D eigenvalue weighted by Gasteiger charge is 2.25. The molecule has 3 rings (SSSR count). The van der Waals surface area contributed by atoms with Gasteiger partial charge in [-0.25, -0.2) is 23.9 Å². The van der Waals surface area contributed by atoms with Gasteiger partial charge in [-0.3, -0.25) is 4.79 Å². The van der Waals surface area contributed by atoms with Gasteiger partial charge in [0.2, 0.25) is 0 Å². The van der Waals surface area contributed by atoms with Crippen LogP contribution in [0.2, 0.25) is 5.15 Å². The highest BCUT2D eigenvalue weighted by Crippen LogP contribution is 2.19. The van der Waals surface area contributed by atoms with Gasteiger partial charge in [0, 0.05) is 12.5 Å². The number of Topliss-reactive ketones (excluding diaryl/α,β-unsaturated/α-hetero) is 1. The lowest BCUT2D eigenvalue weighted by Crippen LogP contribution is -3.00. The number of hydrogen-bond donors (Lipinski definition) is 2. The molecule has 1 aromatic carbocycles. The number of carboxylic acids is 1. The van der Waals surface area contributed by atoms with Crippen LogP contribution in [-0.2, 0) is 19.5 Å². The number of carbonyl (C=O) groups excluding carboxylic acids is 1. The molecule has 29 heavy (non-hydrogen) atoms. The van der Waals surface area contributed by atoms with Gasteiger partial charge in [-0.2, -0.15) is 0 Å². The topological polar surface area (TPSA) is 115 Å². The van der Waals surface area contributed by atoms with E-state index in [0.717, 1.165) is 16.9 Å².